The molecule has 1 saturated carbocycles. The van der Waals surface area contributed by atoms with Gasteiger partial charge in [0.2, 0.25) is 11.7 Å². The van der Waals surface area contributed by atoms with E-state index in [1.54, 1.807) is 0 Å². The van der Waals surface area contributed by atoms with E-state index >= 15 is 0 Å². The summed E-state index contributed by atoms with van der Waals surface area (Å²) in [5.74, 6) is -4.36. The lowest BCUT2D eigenvalue weighted by atomic mass is 9.72. The average molecular weight is 455 g/mol. The van der Waals surface area contributed by atoms with E-state index in [-0.39, 0.29) is 29.8 Å². The number of benzene rings is 1. The van der Waals surface area contributed by atoms with Crippen LogP contribution in [-0.4, -0.2) is 46.7 Å². The summed E-state index contributed by atoms with van der Waals surface area (Å²) in [6, 6.07) is 5.46. The molecule has 0 spiro atoms. The smallest absolute Gasteiger partial charge is 0.235 e. The predicted molar refractivity (Wildman–Crippen MR) is 119 cm³/mol. The summed E-state index contributed by atoms with van der Waals surface area (Å²) in [6.07, 6.45) is 3.90. The molecule has 1 amide bonds. The van der Waals surface area contributed by atoms with Crippen LogP contribution in [0.4, 0.5) is 4.39 Å². The number of carbonyl (C=O) groups is 3. The number of hydrogen-bond acceptors (Lipinski definition) is 7. The number of rotatable bonds is 5. The molecule has 1 saturated heterocycles. The summed E-state index contributed by atoms with van der Waals surface area (Å²) < 4.78 is 13.1. The highest BCUT2D eigenvalue weighted by molar-refractivity contribution is 6.18. The van der Waals surface area contributed by atoms with Crippen LogP contribution < -0.4 is 16.3 Å². The third-order valence-electron chi connectivity index (χ3n) is 6.44. The maximum atomic E-state index is 13.2. The number of Topliss-reactive ketones (excluding diaryl/α,β-unsaturated/α-hetero) is 2. The van der Waals surface area contributed by atoms with Crippen molar-refractivity contribution in [2.45, 2.75) is 32.9 Å². The lowest BCUT2D eigenvalue weighted by molar-refractivity contribution is -0.133. The molecule has 4 rings (SSSR count). The van der Waals surface area contributed by atoms with Gasteiger partial charge in [0, 0.05) is 25.7 Å². The Morgan fingerprint density at radius 3 is 2.70 bits per heavy atom. The first-order valence-electron chi connectivity index (χ1n) is 10.9. The normalized spacial score (nSPS) is 26.0. The average Bonchev–Trinajstić information content (AvgIpc) is 2.81. The number of halogens is 1. The van der Waals surface area contributed by atoms with Crippen LogP contribution in [0, 0.1) is 17.7 Å². The minimum Gasteiger partial charge on any atom is -0.504 e. The van der Waals surface area contributed by atoms with E-state index < -0.39 is 29.3 Å². The van der Waals surface area contributed by atoms with Gasteiger partial charge in [0.1, 0.15) is 11.7 Å². The monoisotopic (exact) mass is 454 g/mol. The molecule has 4 N–H and O–H groups in total. The quantitative estimate of drug-likeness (QED) is 0.395. The molecule has 3 unspecified atom stereocenters. The zero-order valence-corrected chi connectivity index (χ0v) is 18.5. The van der Waals surface area contributed by atoms with Crippen molar-refractivity contribution in [3.05, 3.63) is 70.3 Å². The van der Waals surface area contributed by atoms with Crippen LogP contribution in [0.3, 0.4) is 0 Å². The third-order valence-corrected chi connectivity index (χ3v) is 6.44. The Hall–Kier alpha value is -3.14. The fourth-order valence-electron chi connectivity index (χ4n) is 4.46. The van der Waals surface area contributed by atoms with E-state index in [1.807, 2.05) is 24.9 Å². The van der Waals surface area contributed by atoms with E-state index in [0.29, 0.717) is 30.6 Å². The van der Waals surface area contributed by atoms with Gasteiger partial charge in [0.25, 0.3) is 0 Å². The highest BCUT2D eigenvalue weighted by Gasteiger charge is 2.47. The van der Waals surface area contributed by atoms with Crippen LogP contribution in [0.2, 0.25) is 0 Å². The SMILES string of the molecule is C/C=C(\C)CN1NNCC2C(=O)C3=C(O)C(=O)C(C(=O)NCc4ccc(F)cc4)C=C3CC21. The minimum atomic E-state index is -1.23. The van der Waals surface area contributed by atoms with Crippen molar-refractivity contribution in [1.29, 1.82) is 0 Å². The molecule has 3 atom stereocenters. The van der Waals surface area contributed by atoms with Crippen LogP contribution in [0.25, 0.3) is 0 Å². The molecule has 174 valence electrons. The minimum absolute atomic E-state index is 0.0234. The van der Waals surface area contributed by atoms with Crippen molar-refractivity contribution >= 4 is 17.5 Å². The van der Waals surface area contributed by atoms with Gasteiger partial charge in [0.05, 0.1) is 11.5 Å². The number of hydrogen-bond donors (Lipinski definition) is 4. The van der Waals surface area contributed by atoms with Gasteiger partial charge < -0.3 is 10.4 Å². The number of aliphatic hydroxyl groups excluding tert-OH is 1. The van der Waals surface area contributed by atoms with E-state index in [2.05, 4.69) is 16.3 Å². The van der Waals surface area contributed by atoms with Crippen molar-refractivity contribution in [3.8, 4) is 0 Å². The largest absolute Gasteiger partial charge is 0.504 e. The topological polar surface area (TPSA) is 111 Å². The van der Waals surface area contributed by atoms with Gasteiger partial charge >= 0.3 is 0 Å². The molecule has 3 aliphatic rings. The van der Waals surface area contributed by atoms with Gasteiger partial charge in [0.15, 0.2) is 11.5 Å². The molecule has 1 aromatic carbocycles. The molecule has 0 aromatic heterocycles. The number of nitrogens with zero attached hydrogens (tertiary/aromatic N) is 1. The number of nitrogens with one attached hydrogen (secondary N) is 3. The van der Waals surface area contributed by atoms with Gasteiger partial charge in [-0.3, -0.25) is 14.4 Å². The van der Waals surface area contributed by atoms with Gasteiger partial charge in [-0.2, -0.15) is 5.53 Å². The molecule has 33 heavy (non-hydrogen) atoms. The number of aliphatic hydroxyl groups is 1. The maximum Gasteiger partial charge on any atom is 0.235 e. The second kappa shape index (κ2) is 9.38. The first kappa shape index (κ1) is 23.0. The summed E-state index contributed by atoms with van der Waals surface area (Å²) in [5.41, 5.74) is 8.44. The van der Waals surface area contributed by atoms with E-state index in [9.17, 15) is 23.9 Å². The molecular formula is C24H27FN4O4. The van der Waals surface area contributed by atoms with E-state index in [0.717, 1.165) is 5.57 Å². The van der Waals surface area contributed by atoms with Gasteiger partial charge in [-0.25, -0.2) is 14.8 Å². The molecule has 0 radical (unpaired) electrons. The Balaban J connectivity index is 1.55. The fraction of sp³-hybridized carbons (Fsp3) is 0.375. The Morgan fingerprint density at radius 1 is 1.27 bits per heavy atom. The Bertz CT molecular complexity index is 1080. The number of hydrazine groups is 2. The van der Waals surface area contributed by atoms with Gasteiger partial charge in [-0.1, -0.05) is 29.9 Å². The van der Waals surface area contributed by atoms with Crippen LogP contribution in [0.5, 0.6) is 0 Å². The lowest BCUT2D eigenvalue weighted by Crippen LogP contribution is -2.65. The highest BCUT2D eigenvalue weighted by Crippen LogP contribution is 2.39. The predicted octanol–water partition coefficient (Wildman–Crippen LogP) is 1.63. The van der Waals surface area contributed by atoms with Crippen molar-refractivity contribution in [2.24, 2.45) is 11.8 Å². The lowest BCUT2D eigenvalue weighted by Gasteiger charge is -2.45. The van der Waals surface area contributed by atoms with Crippen molar-refractivity contribution in [3.63, 3.8) is 0 Å². The van der Waals surface area contributed by atoms with Crippen molar-refractivity contribution in [1.82, 2.24) is 21.3 Å². The molecule has 8 nitrogen and oxygen atoms in total. The Labute approximate surface area is 191 Å². The molecule has 1 aromatic rings. The van der Waals surface area contributed by atoms with Crippen LogP contribution >= 0.6 is 0 Å². The summed E-state index contributed by atoms with van der Waals surface area (Å²) in [6.45, 7) is 5.01. The van der Waals surface area contributed by atoms with Crippen LogP contribution in [0.15, 0.2) is 58.9 Å². The zero-order valence-electron chi connectivity index (χ0n) is 18.5. The van der Waals surface area contributed by atoms with Crippen LogP contribution in [-0.2, 0) is 20.9 Å². The molecular weight excluding hydrogens is 427 g/mol. The molecule has 2 aliphatic carbocycles. The molecule has 0 bridgehead atoms. The molecule has 2 fully saturated rings. The molecule has 9 heteroatoms. The highest BCUT2D eigenvalue weighted by atomic mass is 19.1. The van der Waals surface area contributed by atoms with Crippen LogP contribution in [0.1, 0.15) is 25.8 Å². The number of amides is 1. The second-order valence-corrected chi connectivity index (χ2v) is 8.60. The first-order valence-corrected chi connectivity index (χ1v) is 10.9. The summed E-state index contributed by atoms with van der Waals surface area (Å²) >= 11 is 0. The third kappa shape index (κ3) is 4.52. The Kier molecular flexibility index (Phi) is 6.55. The summed E-state index contributed by atoms with van der Waals surface area (Å²) in [7, 11) is 0. The second-order valence-electron chi connectivity index (χ2n) is 8.60. The van der Waals surface area contributed by atoms with Gasteiger partial charge in [-0.05, 0) is 43.5 Å². The number of carbonyl (C=O) groups excluding carboxylic acids is 3. The zero-order chi connectivity index (χ0) is 23.7. The van der Waals surface area contributed by atoms with Gasteiger partial charge in [-0.15, -0.1) is 0 Å². The number of ketones is 2. The molecule has 1 aliphatic heterocycles. The Morgan fingerprint density at radius 2 is 2.00 bits per heavy atom. The fourth-order valence-corrected chi connectivity index (χ4v) is 4.46. The van der Waals surface area contributed by atoms with Crippen molar-refractivity contribution < 1.29 is 23.9 Å². The van der Waals surface area contributed by atoms with E-state index in [1.165, 1.54) is 30.3 Å². The molecule has 1 heterocycles. The first-order chi connectivity index (χ1) is 15.8. The number of allylic oxidation sites excluding steroid dienone is 3. The maximum absolute atomic E-state index is 13.2. The summed E-state index contributed by atoms with van der Waals surface area (Å²) in [4.78, 5) is 38.8. The number of fused-ring (bicyclic) bond motifs is 2. The van der Waals surface area contributed by atoms with E-state index in [4.69, 9.17) is 0 Å². The standard InChI is InChI=1S/C24H27FN4O4/c1-3-13(2)12-29-19-9-15-8-17(24(33)26-10-14-4-6-16(25)7-5-14)22(31)23(32)20(15)21(30)18(19)11-27-28-29/h3-8,17-19,27-28,32H,9-12H2,1-2H3,(H,26,33)/b13-3+. The summed E-state index contributed by atoms with van der Waals surface area (Å²) in [5, 5.41) is 15.2. The van der Waals surface area contributed by atoms with Crippen molar-refractivity contribution in [2.75, 3.05) is 13.1 Å².